The number of hydrogen-bond acceptors (Lipinski definition) is 4. The number of carbonyl (C=O) groups is 1. The largest absolute Gasteiger partial charge is 0.366 e. The van der Waals surface area contributed by atoms with Gasteiger partial charge in [0.2, 0.25) is 0 Å². The summed E-state index contributed by atoms with van der Waals surface area (Å²) in [6, 6.07) is 0.499. The van der Waals surface area contributed by atoms with Crippen LogP contribution in [0.5, 0.6) is 0 Å². The van der Waals surface area contributed by atoms with Gasteiger partial charge in [-0.1, -0.05) is 38.5 Å². The maximum Gasteiger partial charge on any atom is 0.274 e. The predicted molar refractivity (Wildman–Crippen MR) is 91.5 cm³/mol. The molecule has 0 atom stereocenters. The van der Waals surface area contributed by atoms with Crippen molar-refractivity contribution in [3.05, 3.63) is 18.1 Å². The van der Waals surface area contributed by atoms with E-state index in [1.54, 1.807) is 12.4 Å². The first-order valence-corrected chi connectivity index (χ1v) is 9.21. The molecule has 126 valence electrons. The Morgan fingerprint density at radius 1 is 0.913 bits per heavy atom. The van der Waals surface area contributed by atoms with Gasteiger partial charge in [0, 0.05) is 19.1 Å². The van der Waals surface area contributed by atoms with Crippen LogP contribution in [0.1, 0.15) is 74.7 Å². The van der Waals surface area contributed by atoms with Crippen LogP contribution >= 0.6 is 0 Å². The molecule has 23 heavy (non-hydrogen) atoms. The van der Waals surface area contributed by atoms with Crippen LogP contribution in [0.2, 0.25) is 0 Å². The van der Waals surface area contributed by atoms with Crippen LogP contribution in [0.15, 0.2) is 12.4 Å². The molecule has 1 aromatic rings. The van der Waals surface area contributed by atoms with E-state index in [1.165, 1.54) is 51.4 Å². The fraction of sp³-hybridized carbons (Fsp3) is 0.722. The number of amides is 1. The highest BCUT2D eigenvalue weighted by Crippen LogP contribution is 2.20. The number of rotatable bonds is 3. The molecule has 2 aliphatic rings. The van der Waals surface area contributed by atoms with Crippen molar-refractivity contribution in [2.45, 2.75) is 70.3 Å². The highest BCUT2D eigenvalue weighted by Gasteiger charge is 2.19. The number of nitrogens with zero attached hydrogens (tertiary/aromatic N) is 3. The molecule has 1 aromatic heterocycles. The van der Waals surface area contributed by atoms with Crippen molar-refractivity contribution < 1.29 is 4.79 Å². The molecular weight excluding hydrogens is 288 g/mol. The van der Waals surface area contributed by atoms with Gasteiger partial charge in [0.15, 0.2) is 0 Å². The number of aromatic nitrogens is 2. The normalized spacial score (nSPS) is 20.6. The lowest BCUT2D eigenvalue weighted by molar-refractivity contribution is 0.0755. The van der Waals surface area contributed by atoms with Crippen LogP contribution in [-0.4, -0.2) is 39.9 Å². The van der Waals surface area contributed by atoms with E-state index in [4.69, 9.17) is 0 Å². The van der Waals surface area contributed by atoms with E-state index in [0.29, 0.717) is 11.7 Å². The monoisotopic (exact) mass is 316 g/mol. The summed E-state index contributed by atoms with van der Waals surface area (Å²) in [4.78, 5) is 23.2. The summed E-state index contributed by atoms with van der Waals surface area (Å²) < 4.78 is 0. The Morgan fingerprint density at radius 3 is 2.17 bits per heavy atom. The van der Waals surface area contributed by atoms with Crippen LogP contribution in [0, 0.1) is 0 Å². The molecule has 1 aliphatic heterocycles. The number of anilines is 1. The minimum atomic E-state index is 0.0282. The smallest absolute Gasteiger partial charge is 0.274 e. The third-order valence-electron chi connectivity index (χ3n) is 4.97. The number of likely N-dealkylation sites (tertiary alicyclic amines) is 1. The molecule has 1 amide bonds. The summed E-state index contributed by atoms with van der Waals surface area (Å²) in [7, 11) is 0. The Morgan fingerprint density at radius 2 is 1.57 bits per heavy atom. The van der Waals surface area contributed by atoms with Crippen molar-refractivity contribution in [2.24, 2.45) is 0 Å². The molecule has 0 spiro atoms. The first-order valence-electron chi connectivity index (χ1n) is 9.21. The molecule has 5 heteroatoms. The van der Waals surface area contributed by atoms with Gasteiger partial charge >= 0.3 is 0 Å². The summed E-state index contributed by atoms with van der Waals surface area (Å²) in [5.74, 6) is 0.824. The first-order chi connectivity index (χ1) is 11.3. The zero-order valence-corrected chi connectivity index (χ0v) is 14.0. The third kappa shape index (κ3) is 4.66. The molecule has 5 nitrogen and oxygen atoms in total. The van der Waals surface area contributed by atoms with E-state index < -0.39 is 0 Å². The fourth-order valence-electron chi connectivity index (χ4n) is 3.58. The van der Waals surface area contributed by atoms with E-state index in [1.807, 2.05) is 4.90 Å². The summed E-state index contributed by atoms with van der Waals surface area (Å²) in [6.07, 6.45) is 15.7. The van der Waals surface area contributed by atoms with Crippen LogP contribution in [0.4, 0.5) is 5.82 Å². The lowest BCUT2D eigenvalue weighted by atomic mass is 10.1. The standard InChI is InChI=1S/C18H28N4O/c23-18(22-11-7-3-4-8-12-22)16-13-20-17(14-19-16)21-15-9-5-1-2-6-10-15/h13-15H,1-12H2,(H,20,21). The van der Waals surface area contributed by atoms with Crippen molar-refractivity contribution in [3.8, 4) is 0 Å². The topological polar surface area (TPSA) is 58.1 Å². The molecule has 0 unspecified atom stereocenters. The van der Waals surface area contributed by atoms with Gasteiger partial charge in [-0.15, -0.1) is 0 Å². The molecule has 0 bridgehead atoms. The van der Waals surface area contributed by atoms with E-state index >= 15 is 0 Å². The second-order valence-corrected chi connectivity index (χ2v) is 6.83. The second-order valence-electron chi connectivity index (χ2n) is 6.83. The highest BCUT2D eigenvalue weighted by atomic mass is 16.2. The Labute approximate surface area is 138 Å². The average Bonchev–Trinajstić information content (AvgIpc) is 3.00. The fourth-order valence-corrected chi connectivity index (χ4v) is 3.58. The van der Waals surface area contributed by atoms with E-state index in [9.17, 15) is 4.79 Å². The zero-order chi connectivity index (χ0) is 15.9. The third-order valence-corrected chi connectivity index (χ3v) is 4.97. The van der Waals surface area contributed by atoms with Crippen LogP contribution in [0.3, 0.4) is 0 Å². The number of carbonyl (C=O) groups excluding carboxylic acids is 1. The van der Waals surface area contributed by atoms with Crippen LogP contribution in [0.25, 0.3) is 0 Å². The van der Waals surface area contributed by atoms with Gasteiger partial charge in [-0.2, -0.15) is 0 Å². The number of nitrogens with one attached hydrogen (secondary N) is 1. The van der Waals surface area contributed by atoms with Gasteiger partial charge in [-0.05, 0) is 25.7 Å². The highest BCUT2D eigenvalue weighted by molar-refractivity contribution is 5.92. The van der Waals surface area contributed by atoms with Crippen molar-refractivity contribution in [1.82, 2.24) is 14.9 Å². The minimum Gasteiger partial charge on any atom is -0.366 e. The molecule has 0 aromatic carbocycles. The second kappa shape index (κ2) is 8.27. The molecule has 3 rings (SSSR count). The Balaban J connectivity index is 1.58. The quantitative estimate of drug-likeness (QED) is 0.865. The van der Waals surface area contributed by atoms with Crippen LogP contribution in [-0.2, 0) is 0 Å². The molecule has 1 N–H and O–H groups in total. The van der Waals surface area contributed by atoms with Gasteiger partial charge in [0.05, 0.1) is 12.4 Å². The van der Waals surface area contributed by atoms with Crippen molar-refractivity contribution in [2.75, 3.05) is 18.4 Å². The van der Waals surface area contributed by atoms with E-state index in [0.717, 1.165) is 31.7 Å². The zero-order valence-electron chi connectivity index (χ0n) is 14.0. The molecule has 2 heterocycles. The maximum atomic E-state index is 12.5. The summed E-state index contributed by atoms with van der Waals surface area (Å²) in [6.45, 7) is 1.70. The first kappa shape index (κ1) is 16.2. The lowest BCUT2D eigenvalue weighted by Gasteiger charge is -2.20. The van der Waals surface area contributed by atoms with Gasteiger partial charge < -0.3 is 10.2 Å². The van der Waals surface area contributed by atoms with Gasteiger partial charge in [-0.3, -0.25) is 4.79 Å². The number of hydrogen-bond donors (Lipinski definition) is 1. The Bertz CT molecular complexity index is 486. The van der Waals surface area contributed by atoms with Gasteiger partial charge in [0.25, 0.3) is 5.91 Å². The molecule has 1 saturated heterocycles. The summed E-state index contributed by atoms with van der Waals surface area (Å²) in [5.41, 5.74) is 0.471. The Hall–Kier alpha value is -1.65. The average molecular weight is 316 g/mol. The SMILES string of the molecule is O=C(c1cnc(NC2CCCCCC2)cn1)N1CCCCCC1. The van der Waals surface area contributed by atoms with Gasteiger partial charge in [-0.25, -0.2) is 9.97 Å². The maximum absolute atomic E-state index is 12.5. The van der Waals surface area contributed by atoms with Crippen LogP contribution < -0.4 is 5.32 Å². The molecular formula is C18H28N4O. The summed E-state index contributed by atoms with van der Waals surface area (Å²) in [5, 5.41) is 3.48. The van der Waals surface area contributed by atoms with E-state index in [2.05, 4.69) is 15.3 Å². The lowest BCUT2D eigenvalue weighted by Crippen LogP contribution is -2.32. The molecule has 0 radical (unpaired) electrons. The summed E-state index contributed by atoms with van der Waals surface area (Å²) >= 11 is 0. The van der Waals surface area contributed by atoms with E-state index in [-0.39, 0.29) is 5.91 Å². The van der Waals surface area contributed by atoms with Crippen molar-refractivity contribution in [3.63, 3.8) is 0 Å². The van der Waals surface area contributed by atoms with Crippen molar-refractivity contribution >= 4 is 11.7 Å². The Kier molecular flexibility index (Phi) is 5.83. The predicted octanol–water partition coefficient (Wildman–Crippen LogP) is 3.63. The van der Waals surface area contributed by atoms with Crippen molar-refractivity contribution in [1.29, 1.82) is 0 Å². The molecule has 2 fully saturated rings. The molecule has 1 aliphatic carbocycles. The minimum absolute atomic E-state index is 0.0282. The van der Waals surface area contributed by atoms with Gasteiger partial charge in [0.1, 0.15) is 11.5 Å². The molecule has 1 saturated carbocycles.